The number of hydrogen-bond donors (Lipinski definition) is 2. The number of fused-ring (bicyclic) bond motifs is 4. The molecule has 2 aliphatic rings. The van der Waals surface area contributed by atoms with Gasteiger partial charge in [0.05, 0.1) is 18.3 Å². The number of aromatic nitrogens is 2. The molecule has 8 heteroatoms. The maximum Gasteiger partial charge on any atom is 0.251 e. The number of nitrogens with two attached hydrogens (primary N) is 1. The van der Waals surface area contributed by atoms with E-state index in [1.165, 1.54) is 17.4 Å². The molecule has 3 N–H and O–H groups in total. The SMILES string of the molecule is Nc1nc(CCC(=O)N2C[C@H]3C[C@@H](C2)[C@H](CO)n2c3cccc2=O)cs1. The van der Waals surface area contributed by atoms with Crippen LogP contribution in [0.1, 0.15) is 36.2 Å². The van der Waals surface area contributed by atoms with Gasteiger partial charge in [-0.1, -0.05) is 6.07 Å². The van der Waals surface area contributed by atoms with Crippen LogP contribution in [-0.4, -0.2) is 45.2 Å². The fraction of sp³-hybridized carbons (Fsp3) is 0.500. The molecule has 0 unspecified atom stereocenters. The number of thiazole rings is 1. The minimum atomic E-state index is -0.260. The first-order valence-electron chi connectivity index (χ1n) is 8.86. The molecule has 1 amide bonds. The highest BCUT2D eigenvalue weighted by Gasteiger charge is 2.41. The summed E-state index contributed by atoms with van der Waals surface area (Å²) in [6.07, 6.45) is 1.88. The minimum Gasteiger partial charge on any atom is -0.394 e. The number of likely N-dealkylation sites (tertiary alicyclic amines) is 1. The fourth-order valence-electron chi connectivity index (χ4n) is 4.31. The number of anilines is 1. The van der Waals surface area contributed by atoms with Gasteiger partial charge in [0.15, 0.2) is 5.13 Å². The van der Waals surface area contributed by atoms with E-state index in [0.717, 1.165) is 17.8 Å². The van der Waals surface area contributed by atoms with Crippen molar-refractivity contribution < 1.29 is 9.90 Å². The van der Waals surface area contributed by atoms with Crippen LogP contribution in [0.25, 0.3) is 0 Å². The van der Waals surface area contributed by atoms with Crippen LogP contribution in [0.15, 0.2) is 28.4 Å². The second kappa shape index (κ2) is 6.85. The molecule has 0 saturated carbocycles. The molecule has 2 aliphatic heterocycles. The molecule has 2 aromatic heterocycles. The molecule has 138 valence electrons. The van der Waals surface area contributed by atoms with Crippen LogP contribution in [0.5, 0.6) is 0 Å². The second-order valence-electron chi connectivity index (χ2n) is 7.08. The van der Waals surface area contributed by atoms with Gasteiger partial charge in [-0.3, -0.25) is 9.59 Å². The molecular weight excluding hydrogens is 352 g/mol. The predicted octanol–water partition coefficient (Wildman–Crippen LogP) is 0.999. The number of carbonyl (C=O) groups excluding carboxylic acids is 1. The Hall–Kier alpha value is -2.19. The Morgan fingerprint density at radius 3 is 2.96 bits per heavy atom. The van der Waals surface area contributed by atoms with Crippen LogP contribution in [0.2, 0.25) is 0 Å². The molecule has 26 heavy (non-hydrogen) atoms. The molecule has 3 atom stereocenters. The smallest absolute Gasteiger partial charge is 0.251 e. The minimum absolute atomic E-state index is 0.0721. The van der Waals surface area contributed by atoms with E-state index in [9.17, 15) is 14.7 Å². The summed E-state index contributed by atoms with van der Waals surface area (Å²) >= 11 is 1.38. The average Bonchev–Trinajstić information content (AvgIpc) is 3.06. The molecule has 1 fully saturated rings. The third kappa shape index (κ3) is 3.03. The zero-order chi connectivity index (χ0) is 18.3. The highest BCUT2D eigenvalue weighted by molar-refractivity contribution is 7.13. The number of aryl methyl sites for hydroxylation is 1. The Morgan fingerprint density at radius 1 is 1.38 bits per heavy atom. The number of amides is 1. The van der Waals surface area contributed by atoms with Gasteiger partial charge >= 0.3 is 0 Å². The Bertz CT molecular complexity index is 877. The van der Waals surface area contributed by atoms with Crippen molar-refractivity contribution in [1.29, 1.82) is 0 Å². The van der Waals surface area contributed by atoms with Crippen LogP contribution in [0.4, 0.5) is 5.13 Å². The maximum absolute atomic E-state index is 12.7. The lowest BCUT2D eigenvalue weighted by atomic mass is 9.78. The molecule has 4 rings (SSSR count). The number of aliphatic hydroxyl groups excluding tert-OH is 1. The lowest BCUT2D eigenvalue weighted by molar-refractivity contribution is -0.134. The number of hydrogen-bond acceptors (Lipinski definition) is 6. The van der Waals surface area contributed by atoms with Gasteiger partial charge in [-0.05, 0) is 18.9 Å². The number of pyridine rings is 1. The quantitative estimate of drug-likeness (QED) is 0.831. The molecule has 1 saturated heterocycles. The molecule has 7 nitrogen and oxygen atoms in total. The summed E-state index contributed by atoms with van der Waals surface area (Å²) in [7, 11) is 0. The Labute approximate surface area is 155 Å². The number of piperidine rings is 1. The summed E-state index contributed by atoms with van der Waals surface area (Å²) in [4.78, 5) is 31.1. The summed E-state index contributed by atoms with van der Waals surface area (Å²) in [5, 5.41) is 12.3. The fourth-order valence-corrected chi connectivity index (χ4v) is 4.91. The molecule has 0 aromatic carbocycles. The second-order valence-corrected chi connectivity index (χ2v) is 7.97. The third-order valence-corrected chi connectivity index (χ3v) is 6.23. The van der Waals surface area contributed by atoms with Crippen molar-refractivity contribution in [2.75, 3.05) is 25.4 Å². The number of carbonyl (C=O) groups is 1. The summed E-state index contributed by atoms with van der Waals surface area (Å²) in [6, 6.07) is 4.98. The van der Waals surface area contributed by atoms with E-state index < -0.39 is 0 Å². The highest BCUT2D eigenvalue weighted by atomic mass is 32.1. The topological polar surface area (TPSA) is 101 Å². The maximum atomic E-state index is 12.7. The number of aliphatic hydroxyl groups is 1. The Balaban J connectivity index is 1.52. The summed E-state index contributed by atoms with van der Waals surface area (Å²) in [5.41, 5.74) is 7.34. The van der Waals surface area contributed by atoms with Gasteiger partial charge in [0, 0.05) is 48.5 Å². The van der Waals surface area contributed by atoms with E-state index in [4.69, 9.17) is 5.73 Å². The predicted molar refractivity (Wildman–Crippen MR) is 99.1 cm³/mol. The monoisotopic (exact) mass is 374 g/mol. The van der Waals surface area contributed by atoms with Crippen molar-refractivity contribution in [2.24, 2.45) is 5.92 Å². The summed E-state index contributed by atoms with van der Waals surface area (Å²) < 4.78 is 1.73. The normalized spacial score (nSPS) is 24.3. The van der Waals surface area contributed by atoms with Crippen LogP contribution < -0.4 is 11.3 Å². The zero-order valence-corrected chi connectivity index (χ0v) is 15.2. The third-order valence-electron chi connectivity index (χ3n) is 5.50. The molecular formula is C18H22N4O3S. The summed E-state index contributed by atoms with van der Waals surface area (Å²) in [5.74, 6) is 0.337. The van der Waals surface area contributed by atoms with Crippen molar-refractivity contribution >= 4 is 22.4 Å². The van der Waals surface area contributed by atoms with Crippen molar-refractivity contribution in [3.05, 3.63) is 45.3 Å². The molecule has 2 aromatic rings. The largest absolute Gasteiger partial charge is 0.394 e. The number of nitrogen functional groups attached to an aromatic ring is 1. The van der Waals surface area contributed by atoms with Crippen molar-refractivity contribution in [2.45, 2.75) is 31.2 Å². The van der Waals surface area contributed by atoms with Crippen LogP contribution in [0, 0.1) is 5.92 Å². The lowest BCUT2D eigenvalue weighted by Crippen LogP contribution is -2.51. The number of nitrogens with zero attached hydrogens (tertiary/aromatic N) is 3. The first kappa shape index (κ1) is 17.2. The molecule has 0 spiro atoms. The van der Waals surface area contributed by atoms with Gasteiger partial charge in [0.25, 0.3) is 5.56 Å². The van der Waals surface area contributed by atoms with Crippen LogP contribution >= 0.6 is 11.3 Å². The van der Waals surface area contributed by atoms with Crippen molar-refractivity contribution in [3.8, 4) is 0 Å². The van der Waals surface area contributed by atoms with Crippen LogP contribution in [-0.2, 0) is 11.2 Å². The average molecular weight is 374 g/mol. The van der Waals surface area contributed by atoms with Gasteiger partial charge < -0.3 is 20.3 Å². The first-order chi connectivity index (χ1) is 12.6. The lowest BCUT2D eigenvalue weighted by Gasteiger charge is -2.46. The van der Waals surface area contributed by atoms with E-state index in [1.54, 1.807) is 10.6 Å². The van der Waals surface area contributed by atoms with Crippen LogP contribution in [0.3, 0.4) is 0 Å². The first-order valence-corrected chi connectivity index (χ1v) is 9.74. The molecule has 0 aliphatic carbocycles. The molecule has 2 bridgehead atoms. The van der Waals surface area contributed by atoms with E-state index in [-0.39, 0.29) is 36.0 Å². The van der Waals surface area contributed by atoms with Gasteiger partial charge in [0.1, 0.15) is 0 Å². The van der Waals surface area contributed by atoms with E-state index >= 15 is 0 Å². The van der Waals surface area contributed by atoms with Gasteiger partial charge in [-0.15, -0.1) is 11.3 Å². The number of rotatable bonds is 4. The van der Waals surface area contributed by atoms with Gasteiger partial charge in [0.2, 0.25) is 5.91 Å². The van der Waals surface area contributed by atoms with E-state index in [0.29, 0.717) is 31.1 Å². The molecule has 0 radical (unpaired) electrons. The Kier molecular flexibility index (Phi) is 4.54. The highest BCUT2D eigenvalue weighted by Crippen LogP contribution is 2.40. The standard InChI is InChI=1S/C18H22N4O3S/c19-18-20-13(10-26-18)4-5-16(24)21-7-11-6-12(8-21)15(9-23)22-14(11)2-1-3-17(22)25/h1-3,10-12,15,23H,4-9H2,(H2,19,20)/t11-,12+,15+/m1/s1. The van der Waals surface area contributed by atoms with E-state index in [1.807, 2.05) is 16.3 Å². The van der Waals surface area contributed by atoms with Crippen molar-refractivity contribution in [3.63, 3.8) is 0 Å². The van der Waals surface area contributed by atoms with E-state index in [2.05, 4.69) is 4.98 Å². The Morgan fingerprint density at radius 2 is 2.23 bits per heavy atom. The van der Waals surface area contributed by atoms with Crippen molar-refractivity contribution in [1.82, 2.24) is 14.5 Å². The van der Waals surface area contributed by atoms with Gasteiger partial charge in [-0.25, -0.2) is 4.98 Å². The molecule has 4 heterocycles. The van der Waals surface area contributed by atoms with Gasteiger partial charge in [-0.2, -0.15) is 0 Å². The summed E-state index contributed by atoms with van der Waals surface area (Å²) in [6.45, 7) is 1.12. The zero-order valence-electron chi connectivity index (χ0n) is 14.4.